The van der Waals surface area contributed by atoms with Gasteiger partial charge in [0, 0.05) is 15.9 Å². The van der Waals surface area contributed by atoms with Gasteiger partial charge in [0.2, 0.25) is 0 Å². The summed E-state index contributed by atoms with van der Waals surface area (Å²) in [5.74, 6) is -0.380. The van der Waals surface area contributed by atoms with E-state index in [2.05, 4.69) is 0 Å². The number of aromatic nitrogens is 1. The maximum Gasteiger partial charge on any atom is 0.259 e. The van der Waals surface area contributed by atoms with Gasteiger partial charge in [-0.15, -0.1) is 11.3 Å². The average molecular weight is 294 g/mol. The Morgan fingerprint density at radius 3 is 2.89 bits per heavy atom. The minimum absolute atomic E-state index is 0.0564. The van der Waals surface area contributed by atoms with Crippen LogP contribution in [0, 0.1) is 5.82 Å². The van der Waals surface area contributed by atoms with E-state index in [-0.39, 0.29) is 11.4 Å². The van der Waals surface area contributed by atoms with Crippen molar-refractivity contribution in [3.05, 3.63) is 68.7 Å². The van der Waals surface area contributed by atoms with Crippen LogP contribution in [0.3, 0.4) is 0 Å². The van der Waals surface area contributed by atoms with Crippen molar-refractivity contribution in [1.29, 1.82) is 0 Å². The Morgan fingerprint density at radius 2 is 2.11 bits per heavy atom. The SMILES string of the molecule is O=c1c2ccsc2ccn1Cc1ccc(F)cc1Cl. The topological polar surface area (TPSA) is 22.0 Å². The number of pyridine rings is 1. The Labute approximate surface area is 117 Å². The third-order valence-corrected chi connectivity index (χ3v) is 4.18. The van der Waals surface area contributed by atoms with Crippen LogP contribution in [-0.2, 0) is 6.54 Å². The number of benzene rings is 1. The molecule has 3 aromatic rings. The van der Waals surface area contributed by atoms with Gasteiger partial charge < -0.3 is 4.57 Å². The summed E-state index contributed by atoms with van der Waals surface area (Å²) in [5, 5.41) is 2.92. The lowest BCUT2D eigenvalue weighted by molar-refractivity contribution is 0.626. The molecule has 0 radical (unpaired) electrons. The highest BCUT2D eigenvalue weighted by Gasteiger charge is 2.07. The second kappa shape index (κ2) is 4.79. The third kappa shape index (κ3) is 2.29. The predicted octanol–water partition coefficient (Wildman–Crippen LogP) is 3.90. The van der Waals surface area contributed by atoms with Crippen molar-refractivity contribution in [3.63, 3.8) is 0 Å². The lowest BCUT2D eigenvalue weighted by atomic mass is 10.2. The van der Waals surface area contributed by atoms with E-state index in [0.29, 0.717) is 17.0 Å². The highest BCUT2D eigenvalue weighted by Crippen LogP contribution is 2.20. The van der Waals surface area contributed by atoms with Gasteiger partial charge in [-0.05, 0) is 35.2 Å². The Bertz CT molecular complexity index is 809. The summed E-state index contributed by atoms with van der Waals surface area (Å²) in [6.07, 6.45) is 1.74. The maximum absolute atomic E-state index is 13.0. The van der Waals surface area contributed by atoms with Crippen LogP contribution in [0.4, 0.5) is 4.39 Å². The zero-order valence-corrected chi connectivity index (χ0v) is 11.3. The van der Waals surface area contributed by atoms with E-state index in [4.69, 9.17) is 11.6 Å². The van der Waals surface area contributed by atoms with Crippen molar-refractivity contribution in [2.24, 2.45) is 0 Å². The Hall–Kier alpha value is -1.65. The molecule has 2 nitrogen and oxygen atoms in total. The third-order valence-electron chi connectivity index (χ3n) is 2.95. The van der Waals surface area contributed by atoms with Crippen molar-refractivity contribution >= 4 is 33.0 Å². The number of hydrogen-bond acceptors (Lipinski definition) is 2. The number of nitrogens with zero attached hydrogens (tertiary/aromatic N) is 1. The number of thiophene rings is 1. The summed E-state index contributed by atoms with van der Waals surface area (Å²) in [6.45, 7) is 0.337. The van der Waals surface area contributed by atoms with E-state index in [0.717, 1.165) is 10.3 Å². The first-order chi connectivity index (χ1) is 9.15. The van der Waals surface area contributed by atoms with Gasteiger partial charge in [-0.2, -0.15) is 0 Å². The van der Waals surface area contributed by atoms with Crippen molar-refractivity contribution in [1.82, 2.24) is 4.57 Å². The second-order valence-corrected chi connectivity index (χ2v) is 5.54. The first-order valence-electron chi connectivity index (χ1n) is 5.66. The largest absolute Gasteiger partial charge is 0.310 e. The number of hydrogen-bond donors (Lipinski definition) is 0. The molecule has 5 heteroatoms. The van der Waals surface area contributed by atoms with E-state index in [9.17, 15) is 9.18 Å². The summed E-state index contributed by atoms with van der Waals surface area (Å²) in [6, 6.07) is 7.91. The van der Waals surface area contributed by atoms with Crippen LogP contribution in [-0.4, -0.2) is 4.57 Å². The molecule has 0 saturated carbocycles. The van der Waals surface area contributed by atoms with Gasteiger partial charge in [0.15, 0.2) is 0 Å². The van der Waals surface area contributed by atoms with Crippen molar-refractivity contribution in [3.8, 4) is 0 Å². The van der Waals surface area contributed by atoms with E-state index >= 15 is 0 Å². The first-order valence-corrected chi connectivity index (χ1v) is 6.91. The molecule has 19 heavy (non-hydrogen) atoms. The molecular formula is C14H9ClFNOS. The molecule has 0 aliphatic heterocycles. The molecule has 0 spiro atoms. The normalized spacial score (nSPS) is 11.1. The monoisotopic (exact) mass is 293 g/mol. The second-order valence-electron chi connectivity index (χ2n) is 4.18. The maximum atomic E-state index is 13.0. The van der Waals surface area contributed by atoms with E-state index in [1.807, 2.05) is 17.5 Å². The Balaban J connectivity index is 2.05. The van der Waals surface area contributed by atoms with Gasteiger partial charge in [-0.1, -0.05) is 17.7 Å². The van der Waals surface area contributed by atoms with Crippen LogP contribution < -0.4 is 5.56 Å². The number of fused-ring (bicyclic) bond motifs is 1. The molecule has 0 saturated heterocycles. The zero-order chi connectivity index (χ0) is 13.4. The summed E-state index contributed by atoms with van der Waals surface area (Å²) >= 11 is 7.51. The molecule has 0 aliphatic rings. The molecule has 3 rings (SSSR count). The average Bonchev–Trinajstić information content (AvgIpc) is 2.85. The minimum Gasteiger partial charge on any atom is -0.310 e. The molecule has 0 N–H and O–H groups in total. The fraction of sp³-hybridized carbons (Fsp3) is 0.0714. The van der Waals surface area contributed by atoms with E-state index < -0.39 is 0 Å². The molecule has 2 aromatic heterocycles. The van der Waals surface area contributed by atoms with Crippen LogP contribution in [0.1, 0.15) is 5.56 Å². The standard InChI is InChI=1S/C14H9ClFNOS/c15-12-7-10(16)2-1-9(12)8-17-5-3-13-11(14(17)18)4-6-19-13/h1-7H,8H2. The van der Waals surface area contributed by atoms with E-state index in [1.54, 1.807) is 16.8 Å². The summed E-state index contributed by atoms with van der Waals surface area (Å²) in [7, 11) is 0. The van der Waals surface area contributed by atoms with Gasteiger partial charge in [0.1, 0.15) is 5.82 Å². The quantitative estimate of drug-likeness (QED) is 0.702. The van der Waals surface area contributed by atoms with Gasteiger partial charge in [0.25, 0.3) is 5.56 Å². The van der Waals surface area contributed by atoms with Crippen molar-refractivity contribution in [2.45, 2.75) is 6.54 Å². The molecule has 0 atom stereocenters. The molecule has 0 unspecified atom stereocenters. The van der Waals surface area contributed by atoms with Crippen LogP contribution in [0.2, 0.25) is 5.02 Å². The lowest BCUT2D eigenvalue weighted by Crippen LogP contribution is -2.19. The van der Waals surface area contributed by atoms with Crippen molar-refractivity contribution in [2.75, 3.05) is 0 Å². The summed E-state index contributed by atoms with van der Waals surface area (Å²) < 4.78 is 15.5. The van der Waals surface area contributed by atoms with Gasteiger partial charge >= 0.3 is 0 Å². The molecule has 0 bridgehead atoms. The van der Waals surface area contributed by atoms with Crippen LogP contribution in [0.5, 0.6) is 0 Å². The molecule has 1 aromatic carbocycles. The van der Waals surface area contributed by atoms with Crippen LogP contribution in [0.15, 0.2) is 46.7 Å². The highest BCUT2D eigenvalue weighted by atomic mass is 35.5. The Morgan fingerprint density at radius 1 is 1.26 bits per heavy atom. The van der Waals surface area contributed by atoms with E-state index in [1.165, 1.54) is 23.5 Å². The first kappa shape index (κ1) is 12.4. The van der Waals surface area contributed by atoms with Gasteiger partial charge in [0.05, 0.1) is 11.9 Å². The zero-order valence-electron chi connectivity index (χ0n) is 9.77. The fourth-order valence-corrected chi connectivity index (χ4v) is 2.96. The lowest BCUT2D eigenvalue weighted by Gasteiger charge is -2.07. The van der Waals surface area contributed by atoms with Crippen LogP contribution >= 0.6 is 22.9 Å². The summed E-state index contributed by atoms with van der Waals surface area (Å²) in [5.41, 5.74) is 0.666. The molecule has 2 heterocycles. The smallest absolute Gasteiger partial charge is 0.259 e. The predicted molar refractivity (Wildman–Crippen MR) is 76.6 cm³/mol. The number of halogens is 2. The van der Waals surface area contributed by atoms with Crippen LogP contribution in [0.25, 0.3) is 10.1 Å². The molecule has 0 amide bonds. The number of rotatable bonds is 2. The van der Waals surface area contributed by atoms with Gasteiger partial charge in [-0.3, -0.25) is 4.79 Å². The molecular weight excluding hydrogens is 285 g/mol. The summed E-state index contributed by atoms with van der Waals surface area (Å²) in [4.78, 5) is 12.2. The molecule has 0 aliphatic carbocycles. The molecule has 0 fully saturated rings. The van der Waals surface area contributed by atoms with Crippen molar-refractivity contribution < 1.29 is 4.39 Å². The Kier molecular flexibility index (Phi) is 3.12. The fourth-order valence-electron chi connectivity index (χ4n) is 1.96. The van der Waals surface area contributed by atoms with Gasteiger partial charge in [-0.25, -0.2) is 4.39 Å². The minimum atomic E-state index is -0.380. The highest BCUT2D eigenvalue weighted by molar-refractivity contribution is 7.17. The molecule has 96 valence electrons.